The molecule has 0 bridgehead atoms. The molecule has 1 aliphatic rings. The lowest BCUT2D eigenvalue weighted by Crippen LogP contribution is -2.31. The van der Waals surface area contributed by atoms with Crippen molar-refractivity contribution in [2.75, 3.05) is 13.2 Å². The van der Waals surface area contributed by atoms with Crippen molar-refractivity contribution in [1.82, 2.24) is 0 Å². The van der Waals surface area contributed by atoms with Gasteiger partial charge in [0, 0.05) is 6.42 Å². The summed E-state index contributed by atoms with van der Waals surface area (Å²) in [7, 11) is 0. The Morgan fingerprint density at radius 3 is 1.86 bits per heavy atom. The summed E-state index contributed by atoms with van der Waals surface area (Å²) in [6.07, 6.45) is 12.2. The summed E-state index contributed by atoms with van der Waals surface area (Å²) in [6.45, 7) is 6.99. The van der Waals surface area contributed by atoms with E-state index in [0.717, 1.165) is 38.0 Å². The number of carbonyl (C=O) groups excluding carboxylic acids is 2. The zero-order valence-corrected chi connectivity index (χ0v) is 18.8. The van der Waals surface area contributed by atoms with Crippen LogP contribution >= 0.6 is 0 Å². The van der Waals surface area contributed by atoms with Crippen molar-refractivity contribution in [1.29, 1.82) is 0 Å². The van der Waals surface area contributed by atoms with Gasteiger partial charge in [-0.3, -0.25) is 0 Å². The second-order valence-corrected chi connectivity index (χ2v) is 8.44. The van der Waals surface area contributed by atoms with E-state index in [2.05, 4.69) is 13.8 Å². The molecule has 1 rings (SSSR count). The highest BCUT2D eigenvalue weighted by Crippen LogP contribution is 2.24. The van der Waals surface area contributed by atoms with Crippen LogP contribution in [0, 0.1) is 5.92 Å². The van der Waals surface area contributed by atoms with E-state index in [9.17, 15) is 9.59 Å². The lowest BCUT2D eigenvalue weighted by molar-refractivity contribution is -0.0340. The number of unbranched alkanes of at least 4 members (excludes halogenated alkanes) is 7. The van der Waals surface area contributed by atoms with Gasteiger partial charge in [0.2, 0.25) is 0 Å². The molecule has 0 aromatic heterocycles. The summed E-state index contributed by atoms with van der Waals surface area (Å²) >= 11 is 0. The average Bonchev–Trinajstić information content (AvgIpc) is 2.66. The molecule has 0 amide bonds. The molecular formula is C23H42O6. The quantitative estimate of drug-likeness (QED) is 0.230. The first-order chi connectivity index (χ1) is 14.0. The van der Waals surface area contributed by atoms with E-state index in [1.165, 1.54) is 44.9 Å². The lowest BCUT2D eigenvalue weighted by Gasteiger charge is -2.27. The van der Waals surface area contributed by atoms with Gasteiger partial charge >= 0.3 is 12.3 Å². The molecule has 170 valence electrons. The first-order valence-electron chi connectivity index (χ1n) is 11.7. The topological polar surface area (TPSA) is 71.1 Å². The van der Waals surface area contributed by atoms with E-state index in [0.29, 0.717) is 13.0 Å². The highest BCUT2D eigenvalue weighted by atomic mass is 16.7. The highest BCUT2D eigenvalue weighted by Gasteiger charge is 2.28. The average molecular weight is 415 g/mol. The first-order valence-corrected chi connectivity index (χ1v) is 11.7. The summed E-state index contributed by atoms with van der Waals surface area (Å²) in [4.78, 5) is 23.3. The van der Waals surface area contributed by atoms with Gasteiger partial charge in [0.15, 0.2) is 0 Å². The minimum absolute atomic E-state index is 0.258. The Bertz CT molecular complexity index is 437. The maximum Gasteiger partial charge on any atom is 0.508 e. The van der Waals surface area contributed by atoms with Gasteiger partial charge in [0.05, 0.1) is 13.2 Å². The Morgan fingerprint density at radius 1 is 0.793 bits per heavy atom. The molecular weight excluding hydrogens is 372 g/mol. The zero-order valence-electron chi connectivity index (χ0n) is 18.8. The largest absolute Gasteiger partial charge is 0.508 e. The Labute approximate surface area is 177 Å². The predicted octanol–water partition coefficient (Wildman–Crippen LogP) is 6.79. The SMILES string of the molecule is CCOC(=O)OC1CCCC(OC(=O)OCCCCCCCCCCC(C)C)C1. The third-order valence-corrected chi connectivity index (χ3v) is 5.26. The zero-order chi connectivity index (χ0) is 21.3. The van der Waals surface area contributed by atoms with Crippen LogP contribution < -0.4 is 0 Å². The minimum Gasteiger partial charge on any atom is -0.435 e. The highest BCUT2D eigenvalue weighted by molar-refractivity contribution is 5.60. The maximum absolute atomic E-state index is 11.8. The van der Waals surface area contributed by atoms with Gasteiger partial charge in [-0.1, -0.05) is 65.2 Å². The third-order valence-electron chi connectivity index (χ3n) is 5.26. The fourth-order valence-corrected chi connectivity index (χ4v) is 3.65. The van der Waals surface area contributed by atoms with Crippen LogP contribution in [0.15, 0.2) is 0 Å². The molecule has 6 heteroatoms. The van der Waals surface area contributed by atoms with Gasteiger partial charge < -0.3 is 18.9 Å². The van der Waals surface area contributed by atoms with Gasteiger partial charge in [0.25, 0.3) is 0 Å². The summed E-state index contributed by atoms with van der Waals surface area (Å²) in [5.41, 5.74) is 0. The van der Waals surface area contributed by atoms with Crippen molar-refractivity contribution < 1.29 is 28.5 Å². The van der Waals surface area contributed by atoms with E-state index in [4.69, 9.17) is 18.9 Å². The van der Waals surface area contributed by atoms with Crippen LogP contribution in [0.1, 0.15) is 104 Å². The summed E-state index contributed by atoms with van der Waals surface area (Å²) < 4.78 is 20.6. The molecule has 2 unspecified atom stereocenters. The molecule has 0 aromatic rings. The monoisotopic (exact) mass is 414 g/mol. The smallest absolute Gasteiger partial charge is 0.435 e. The van der Waals surface area contributed by atoms with Crippen molar-refractivity contribution in [3.8, 4) is 0 Å². The third kappa shape index (κ3) is 14.2. The van der Waals surface area contributed by atoms with Crippen LogP contribution in [0.2, 0.25) is 0 Å². The Kier molecular flexibility index (Phi) is 14.4. The number of rotatable bonds is 14. The molecule has 0 spiro atoms. The van der Waals surface area contributed by atoms with Crippen LogP contribution in [-0.2, 0) is 18.9 Å². The van der Waals surface area contributed by atoms with Gasteiger partial charge in [-0.25, -0.2) is 9.59 Å². The molecule has 6 nitrogen and oxygen atoms in total. The van der Waals surface area contributed by atoms with Gasteiger partial charge in [-0.05, 0) is 38.5 Å². The van der Waals surface area contributed by atoms with Crippen LogP contribution in [0.25, 0.3) is 0 Å². The molecule has 0 saturated heterocycles. The normalized spacial score (nSPS) is 19.0. The van der Waals surface area contributed by atoms with Gasteiger partial charge in [-0.2, -0.15) is 0 Å². The maximum atomic E-state index is 11.8. The molecule has 0 radical (unpaired) electrons. The predicted molar refractivity (Wildman–Crippen MR) is 113 cm³/mol. The fourth-order valence-electron chi connectivity index (χ4n) is 3.65. The fraction of sp³-hybridized carbons (Fsp3) is 0.913. The summed E-state index contributed by atoms with van der Waals surface area (Å²) in [5.74, 6) is 0.819. The Hall–Kier alpha value is -1.46. The molecule has 2 atom stereocenters. The molecule has 0 N–H and O–H groups in total. The van der Waals surface area contributed by atoms with Crippen molar-refractivity contribution in [2.45, 2.75) is 116 Å². The summed E-state index contributed by atoms with van der Waals surface area (Å²) in [6, 6.07) is 0. The number of hydrogen-bond acceptors (Lipinski definition) is 6. The van der Waals surface area contributed by atoms with Gasteiger partial charge in [-0.15, -0.1) is 0 Å². The van der Waals surface area contributed by atoms with Crippen LogP contribution in [0.3, 0.4) is 0 Å². The molecule has 0 aliphatic heterocycles. The van der Waals surface area contributed by atoms with Crippen molar-refractivity contribution in [2.24, 2.45) is 5.92 Å². The number of hydrogen-bond donors (Lipinski definition) is 0. The van der Waals surface area contributed by atoms with E-state index in [1.807, 2.05) is 0 Å². The standard InChI is InChI=1S/C23H42O6/c1-4-26-22(24)28-20-15-13-16-21(18-20)29-23(25)27-17-12-10-8-6-5-7-9-11-14-19(2)3/h19-21H,4-18H2,1-3H3. The molecule has 1 aliphatic carbocycles. The van der Waals surface area contributed by atoms with E-state index < -0.39 is 12.3 Å². The lowest BCUT2D eigenvalue weighted by atomic mass is 9.95. The molecule has 0 aromatic carbocycles. The van der Waals surface area contributed by atoms with Crippen LogP contribution in [-0.4, -0.2) is 37.7 Å². The summed E-state index contributed by atoms with van der Waals surface area (Å²) in [5, 5.41) is 0. The van der Waals surface area contributed by atoms with Crippen molar-refractivity contribution in [3.63, 3.8) is 0 Å². The van der Waals surface area contributed by atoms with Gasteiger partial charge in [0.1, 0.15) is 12.2 Å². The molecule has 0 heterocycles. The van der Waals surface area contributed by atoms with Crippen LogP contribution in [0.5, 0.6) is 0 Å². The second-order valence-electron chi connectivity index (χ2n) is 8.44. The second kappa shape index (κ2) is 16.3. The molecule has 29 heavy (non-hydrogen) atoms. The molecule has 1 saturated carbocycles. The van der Waals surface area contributed by atoms with Crippen LogP contribution in [0.4, 0.5) is 9.59 Å². The van der Waals surface area contributed by atoms with Crippen molar-refractivity contribution in [3.05, 3.63) is 0 Å². The molecule has 1 fully saturated rings. The number of ether oxygens (including phenoxy) is 4. The first kappa shape index (κ1) is 25.6. The van der Waals surface area contributed by atoms with Crippen molar-refractivity contribution >= 4 is 12.3 Å². The Balaban J connectivity index is 1.97. The minimum atomic E-state index is -0.656. The van der Waals surface area contributed by atoms with E-state index in [1.54, 1.807) is 6.92 Å². The Morgan fingerprint density at radius 2 is 1.31 bits per heavy atom. The van der Waals surface area contributed by atoms with E-state index >= 15 is 0 Å². The number of carbonyl (C=O) groups is 2. The van der Waals surface area contributed by atoms with E-state index in [-0.39, 0.29) is 18.8 Å².